The Balaban J connectivity index is 1.66. The molecule has 1 fully saturated rings. The van der Waals surface area contributed by atoms with Crippen molar-refractivity contribution >= 4 is 22.6 Å². The van der Waals surface area contributed by atoms with Gasteiger partial charge in [-0.25, -0.2) is 0 Å². The molecule has 1 amide bonds. The van der Waals surface area contributed by atoms with Gasteiger partial charge < -0.3 is 9.64 Å². The van der Waals surface area contributed by atoms with Gasteiger partial charge in [-0.1, -0.05) is 42.5 Å². The van der Waals surface area contributed by atoms with Gasteiger partial charge in [-0.2, -0.15) is 0 Å². The maximum Gasteiger partial charge on any atom is 0.311 e. The number of esters is 1. The highest BCUT2D eigenvalue weighted by Crippen LogP contribution is 2.24. The van der Waals surface area contributed by atoms with Gasteiger partial charge in [0, 0.05) is 12.1 Å². The number of benzene rings is 2. The van der Waals surface area contributed by atoms with Crippen LogP contribution in [0.5, 0.6) is 0 Å². The van der Waals surface area contributed by atoms with Gasteiger partial charge in [0.05, 0.1) is 6.42 Å². The van der Waals surface area contributed by atoms with Crippen molar-refractivity contribution in [2.24, 2.45) is 0 Å². The summed E-state index contributed by atoms with van der Waals surface area (Å²) in [6, 6.07) is 14.3. The van der Waals surface area contributed by atoms with Crippen LogP contribution in [0.15, 0.2) is 42.5 Å². The van der Waals surface area contributed by atoms with Gasteiger partial charge in [0.1, 0.15) is 0 Å². The fourth-order valence-corrected chi connectivity index (χ4v) is 3.96. The highest BCUT2D eigenvalue weighted by atomic mass is 16.5. The first-order valence-electron chi connectivity index (χ1n) is 9.45. The Morgan fingerprint density at radius 1 is 1.08 bits per heavy atom. The van der Waals surface area contributed by atoms with Crippen molar-refractivity contribution in [3.05, 3.63) is 48.0 Å². The first-order chi connectivity index (χ1) is 12.5. The number of carbonyl (C=O) groups is 2. The predicted octanol–water partition coefficient (Wildman–Crippen LogP) is 4.10. The lowest BCUT2D eigenvalue weighted by molar-refractivity contribution is -0.161. The maximum atomic E-state index is 12.8. The average molecular weight is 353 g/mol. The first-order valence-corrected chi connectivity index (χ1v) is 9.45. The van der Waals surface area contributed by atoms with E-state index in [1.165, 1.54) is 0 Å². The van der Waals surface area contributed by atoms with Crippen molar-refractivity contribution in [3.63, 3.8) is 0 Å². The molecule has 1 aliphatic heterocycles. The number of likely N-dealkylation sites (tertiary alicyclic amines) is 1. The minimum Gasteiger partial charge on any atom is -0.452 e. The summed E-state index contributed by atoms with van der Waals surface area (Å²) >= 11 is 0. The SMILES string of the molecule is C[C@@H]1CCC[C@@H](C)N1C(=O)[C@@H](C)OC(=O)Cc1cccc2ccccc12. The van der Waals surface area contributed by atoms with Crippen molar-refractivity contribution in [3.8, 4) is 0 Å². The highest BCUT2D eigenvalue weighted by molar-refractivity contribution is 5.90. The molecule has 0 bridgehead atoms. The van der Waals surface area contributed by atoms with E-state index in [1.54, 1.807) is 6.92 Å². The lowest BCUT2D eigenvalue weighted by Gasteiger charge is -2.40. The van der Waals surface area contributed by atoms with E-state index in [9.17, 15) is 9.59 Å². The summed E-state index contributed by atoms with van der Waals surface area (Å²) in [5.74, 6) is -0.449. The lowest BCUT2D eigenvalue weighted by Crippen LogP contribution is -2.51. The molecule has 0 saturated carbocycles. The first kappa shape index (κ1) is 18.4. The van der Waals surface area contributed by atoms with Crippen LogP contribution < -0.4 is 0 Å². The zero-order valence-electron chi connectivity index (χ0n) is 15.8. The molecule has 4 nitrogen and oxygen atoms in total. The van der Waals surface area contributed by atoms with Gasteiger partial charge in [0.15, 0.2) is 6.10 Å². The molecule has 2 aromatic rings. The van der Waals surface area contributed by atoms with Crippen LogP contribution in [0.1, 0.15) is 45.6 Å². The number of ether oxygens (including phenoxy) is 1. The van der Waals surface area contributed by atoms with Crippen LogP contribution in [0, 0.1) is 0 Å². The third kappa shape index (κ3) is 3.90. The van der Waals surface area contributed by atoms with Crippen molar-refractivity contribution in [1.29, 1.82) is 0 Å². The van der Waals surface area contributed by atoms with Crippen molar-refractivity contribution in [2.75, 3.05) is 0 Å². The van der Waals surface area contributed by atoms with Crippen LogP contribution in [-0.4, -0.2) is 35.0 Å². The van der Waals surface area contributed by atoms with Crippen LogP contribution in [0.3, 0.4) is 0 Å². The van der Waals surface area contributed by atoms with Crippen LogP contribution in [0.2, 0.25) is 0 Å². The van der Waals surface area contributed by atoms with E-state index in [2.05, 4.69) is 13.8 Å². The van der Waals surface area contributed by atoms with Crippen molar-refractivity contribution in [1.82, 2.24) is 4.90 Å². The molecular weight excluding hydrogens is 326 g/mol. The summed E-state index contributed by atoms with van der Waals surface area (Å²) < 4.78 is 5.48. The molecule has 26 heavy (non-hydrogen) atoms. The molecule has 2 aromatic carbocycles. The third-order valence-electron chi connectivity index (χ3n) is 5.32. The normalized spacial score (nSPS) is 21.4. The van der Waals surface area contributed by atoms with Gasteiger partial charge in [-0.15, -0.1) is 0 Å². The van der Waals surface area contributed by atoms with Gasteiger partial charge in [-0.05, 0) is 56.4 Å². The molecule has 0 aromatic heterocycles. The number of hydrogen-bond donors (Lipinski definition) is 0. The summed E-state index contributed by atoms with van der Waals surface area (Å²) in [5.41, 5.74) is 0.924. The zero-order chi connectivity index (χ0) is 18.7. The molecule has 3 atom stereocenters. The molecule has 138 valence electrons. The Labute approximate surface area is 155 Å². The summed E-state index contributed by atoms with van der Waals surface area (Å²) in [5, 5.41) is 2.14. The van der Waals surface area contributed by atoms with E-state index >= 15 is 0 Å². The molecule has 0 spiro atoms. The Kier molecular flexibility index (Phi) is 5.60. The summed E-state index contributed by atoms with van der Waals surface area (Å²) in [4.78, 5) is 27.1. The third-order valence-corrected chi connectivity index (χ3v) is 5.32. The van der Waals surface area contributed by atoms with Gasteiger partial charge >= 0.3 is 5.97 Å². The average Bonchev–Trinajstić information content (AvgIpc) is 2.61. The van der Waals surface area contributed by atoms with Crippen molar-refractivity contribution < 1.29 is 14.3 Å². The summed E-state index contributed by atoms with van der Waals surface area (Å²) in [7, 11) is 0. The van der Waals surface area contributed by atoms with Crippen LogP contribution in [0.4, 0.5) is 0 Å². The standard InChI is InChI=1S/C22H27NO3/c1-15-8-6-9-16(2)23(15)22(25)17(3)26-21(24)14-19-12-7-11-18-10-4-5-13-20(18)19/h4-5,7,10-13,15-17H,6,8-9,14H2,1-3H3/t15-,16-,17-/m1/s1. The lowest BCUT2D eigenvalue weighted by atomic mass is 9.97. The Morgan fingerprint density at radius 2 is 1.73 bits per heavy atom. The van der Waals surface area contributed by atoms with Gasteiger partial charge in [-0.3, -0.25) is 9.59 Å². The van der Waals surface area contributed by atoms with Gasteiger partial charge in [0.2, 0.25) is 0 Å². The maximum absolute atomic E-state index is 12.8. The topological polar surface area (TPSA) is 46.6 Å². The fourth-order valence-electron chi connectivity index (χ4n) is 3.96. The smallest absolute Gasteiger partial charge is 0.311 e. The fraction of sp³-hybridized carbons (Fsp3) is 0.455. The molecule has 0 N–H and O–H groups in total. The van der Waals surface area contributed by atoms with Crippen LogP contribution >= 0.6 is 0 Å². The van der Waals surface area contributed by atoms with E-state index in [-0.39, 0.29) is 30.4 Å². The highest BCUT2D eigenvalue weighted by Gasteiger charge is 2.33. The van der Waals surface area contributed by atoms with Gasteiger partial charge in [0.25, 0.3) is 5.91 Å². The minimum absolute atomic E-state index is 0.0871. The number of rotatable bonds is 4. The minimum atomic E-state index is -0.750. The molecule has 0 aliphatic carbocycles. The molecular formula is C22H27NO3. The molecule has 4 heteroatoms. The monoisotopic (exact) mass is 353 g/mol. The molecule has 0 unspecified atom stereocenters. The predicted molar refractivity (Wildman–Crippen MR) is 103 cm³/mol. The van der Waals surface area contributed by atoms with E-state index in [0.717, 1.165) is 35.6 Å². The van der Waals surface area contributed by atoms with E-state index < -0.39 is 6.10 Å². The molecule has 1 aliphatic rings. The van der Waals surface area contributed by atoms with Crippen molar-refractivity contribution in [2.45, 2.75) is 64.6 Å². The number of nitrogens with zero attached hydrogens (tertiary/aromatic N) is 1. The molecule has 0 radical (unpaired) electrons. The quantitative estimate of drug-likeness (QED) is 0.777. The number of amides is 1. The second-order valence-corrected chi connectivity index (χ2v) is 7.32. The Hall–Kier alpha value is -2.36. The zero-order valence-corrected chi connectivity index (χ0v) is 15.8. The second-order valence-electron chi connectivity index (χ2n) is 7.32. The summed E-state index contributed by atoms with van der Waals surface area (Å²) in [6.45, 7) is 5.81. The van der Waals surface area contributed by atoms with E-state index in [0.29, 0.717) is 0 Å². The Morgan fingerprint density at radius 3 is 2.46 bits per heavy atom. The molecule has 1 heterocycles. The van der Waals surface area contributed by atoms with Crippen LogP contribution in [-0.2, 0) is 20.7 Å². The van der Waals surface area contributed by atoms with Crippen LogP contribution in [0.25, 0.3) is 10.8 Å². The van der Waals surface area contributed by atoms with E-state index in [1.807, 2.05) is 47.4 Å². The summed E-state index contributed by atoms with van der Waals surface area (Å²) in [6.07, 6.45) is 2.57. The number of hydrogen-bond acceptors (Lipinski definition) is 3. The van der Waals surface area contributed by atoms with E-state index in [4.69, 9.17) is 4.74 Å². The number of piperidine rings is 1. The molecule has 1 saturated heterocycles. The second kappa shape index (κ2) is 7.90. The Bertz CT molecular complexity index is 786. The number of carbonyl (C=O) groups excluding carboxylic acids is 2. The molecule has 3 rings (SSSR count). The largest absolute Gasteiger partial charge is 0.452 e. The number of fused-ring (bicyclic) bond motifs is 1.